The van der Waals surface area contributed by atoms with Crippen LogP contribution in [0.4, 0.5) is 13.2 Å². The molecule has 0 saturated carbocycles. The van der Waals surface area contributed by atoms with Gasteiger partial charge in [-0.3, -0.25) is 4.98 Å². The van der Waals surface area contributed by atoms with E-state index in [0.717, 1.165) is 32.1 Å². The molecule has 0 atom stereocenters. The Hall–Kier alpha value is -1.10. The third kappa shape index (κ3) is 2.35. The zero-order valence-corrected chi connectivity index (χ0v) is 8.72. The van der Waals surface area contributed by atoms with Gasteiger partial charge in [-0.05, 0) is 43.5 Å². The molecule has 1 N–H and O–H groups in total. The lowest BCUT2D eigenvalue weighted by Crippen LogP contribution is -2.27. The molecule has 0 unspecified atom stereocenters. The first-order chi connectivity index (χ1) is 7.59. The molecule has 1 aromatic rings. The number of nitrogens with one attached hydrogen (secondary N) is 1. The summed E-state index contributed by atoms with van der Waals surface area (Å²) in [6.45, 7) is 1.56. The number of nitrogens with zero attached hydrogens (tertiary/aromatic N) is 1. The van der Waals surface area contributed by atoms with Crippen molar-refractivity contribution in [2.75, 3.05) is 13.1 Å². The van der Waals surface area contributed by atoms with E-state index in [4.69, 9.17) is 0 Å². The molecule has 0 spiro atoms. The van der Waals surface area contributed by atoms with Crippen LogP contribution in [0.5, 0.6) is 0 Å². The fraction of sp³-hybridized carbons (Fsp3) is 0.545. The first-order valence-corrected chi connectivity index (χ1v) is 5.31. The van der Waals surface area contributed by atoms with Crippen molar-refractivity contribution in [3.05, 3.63) is 29.6 Å². The van der Waals surface area contributed by atoms with E-state index >= 15 is 0 Å². The second kappa shape index (κ2) is 4.41. The smallest absolute Gasteiger partial charge is 0.317 e. The molecule has 5 heteroatoms. The van der Waals surface area contributed by atoms with E-state index in [1.54, 1.807) is 0 Å². The number of halogens is 3. The monoisotopic (exact) mass is 230 g/mol. The molecule has 0 amide bonds. The molecule has 1 aliphatic rings. The molecule has 1 aromatic heterocycles. The molecule has 2 nitrogen and oxygen atoms in total. The van der Waals surface area contributed by atoms with Gasteiger partial charge < -0.3 is 5.32 Å². The van der Waals surface area contributed by atoms with Crippen molar-refractivity contribution >= 4 is 0 Å². The van der Waals surface area contributed by atoms with Crippen LogP contribution in [0.15, 0.2) is 18.5 Å². The zero-order chi connectivity index (χ0) is 11.6. The maximum atomic E-state index is 12.7. The molecule has 1 saturated heterocycles. The van der Waals surface area contributed by atoms with E-state index < -0.39 is 11.7 Å². The highest BCUT2D eigenvalue weighted by Gasteiger charge is 2.35. The SMILES string of the molecule is FC(F)(F)c1cnccc1C1CCNCC1. The Bertz CT molecular complexity index is 356. The third-order valence-electron chi connectivity index (χ3n) is 2.94. The number of hydrogen-bond acceptors (Lipinski definition) is 2. The quantitative estimate of drug-likeness (QED) is 0.802. The second-order valence-electron chi connectivity index (χ2n) is 3.98. The van der Waals surface area contributed by atoms with Crippen molar-refractivity contribution in [1.29, 1.82) is 0 Å². The first kappa shape index (κ1) is 11.4. The maximum absolute atomic E-state index is 12.7. The van der Waals surface area contributed by atoms with Gasteiger partial charge in [0.1, 0.15) is 0 Å². The van der Waals surface area contributed by atoms with Crippen molar-refractivity contribution in [3.63, 3.8) is 0 Å². The molecule has 0 radical (unpaired) electrons. The largest absolute Gasteiger partial charge is 0.418 e. The summed E-state index contributed by atoms with van der Waals surface area (Å²) >= 11 is 0. The van der Waals surface area contributed by atoms with Crippen LogP contribution >= 0.6 is 0 Å². The number of alkyl halides is 3. The van der Waals surface area contributed by atoms with Crippen molar-refractivity contribution in [1.82, 2.24) is 10.3 Å². The van der Waals surface area contributed by atoms with E-state index in [9.17, 15) is 13.2 Å². The van der Waals surface area contributed by atoms with E-state index in [-0.39, 0.29) is 5.92 Å². The van der Waals surface area contributed by atoms with Crippen LogP contribution in [-0.4, -0.2) is 18.1 Å². The summed E-state index contributed by atoms with van der Waals surface area (Å²) in [6.07, 6.45) is -0.418. The number of hydrogen-bond donors (Lipinski definition) is 1. The van der Waals surface area contributed by atoms with Crippen LogP contribution in [0.3, 0.4) is 0 Å². The van der Waals surface area contributed by atoms with Gasteiger partial charge in [0.25, 0.3) is 0 Å². The highest BCUT2D eigenvalue weighted by Crippen LogP contribution is 2.37. The average molecular weight is 230 g/mol. The normalized spacial score (nSPS) is 18.7. The topological polar surface area (TPSA) is 24.9 Å². The molecule has 1 fully saturated rings. The lowest BCUT2D eigenvalue weighted by atomic mass is 9.88. The molecule has 0 aromatic carbocycles. The van der Waals surface area contributed by atoms with Gasteiger partial charge in [-0.15, -0.1) is 0 Å². The maximum Gasteiger partial charge on any atom is 0.418 e. The Kier molecular flexibility index (Phi) is 3.14. The number of aromatic nitrogens is 1. The summed E-state index contributed by atoms with van der Waals surface area (Å²) in [5, 5.41) is 3.15. The number of piperidine rings is 1. The molecular formula is C11H13F3N2. The summed E-state index contributed by atoms with van der Waals surface area (Å²) in [4.78, 5) is 3.57. The van der Waals surface area contributed by atoms with Crippen molar-refractivity contribution < 1.29 is 13.2 Å². The molecule has 2 rings (SSSR count). The van der Waals surface area contributed by atoms with E-state index in [1.165, 1.54) is 12.3 Å². The van der Waals surface area contributed by atoms with Gasteiger partial charge in [-0.25, -0.2) is 0 Å². The predicted molar refractivity (Wildman–Crippen MR) is 54.1 cm³/mol. The lowest BCUT2D eigenvalue weighted by Gasteiger charge is -2.25. The van der Waals surface area contributed by atoms with Gasteiger partial charge >= 0.3 is 6.18 Å². The van der Waals surface area contributed by atoms with Gasteiger partial charge in [0, 0.05) is 12.4 Å². The number of pyridine rings is 1. The molecule has 16 heavy (non-hydrogen) atoms. The van der Waals surface area contributed by atoms with Crippen LogP contribution in [0.2, 0.25) is 0 Å². The Balaban J connectivity index is 2.32. The summed E-state index contributed by atoms with van der Waals surface area (Å²) < 4.78 is 38.2. The van der Waals surface area contributed by atoms with Gasteiger partial charge in [-0.2, -0.15) is 13.2 Å². The Labute approximate surface area is 91.9 Å². The minimum absolute atomic E-state index is 0.000810. The minimum Gasteiger partial charge on any atom is -0.317 e. The van der Waals surface area contributed by atoms with Crippen molar-refractivity contribution in [2.24, 2.45) is 0 Å². The van der Waals surface area contributed by atoms with E-state index in [2.05, 4.69) is 10.3 Å². The minimum atomic E-state index is -4.30. The first-order valence-electron chi connectivity index (χ1n) is 5.31. The van der Waals surface area contributed by atoms with Gasteiger partial charge in [0.05, 0.1) is 5.56 Å². The summed E-state index contributed by atoms with van der Waals surface area (Å²) in [5.41, 5.74) is -0.189. The van der Waals surface area contributed by atoms with Gasteiger partial charge in [0.15, 0.2) is 0 Å². The summed E-state index contributed by atoms with van der Waals surface area (Å²) in [7, 11) is 0. The van der Waals surface area contributed by atoms with Gasteiger partial charge in [0.2, 0.25) is 0 Å². The van der Waals surface area contributed by atoms with Crippen LogP contribution in [-0.2, 0) is 6.18 Å². The fourth-order valence-electron chi connectivity index (χ4n) is 2.13. The third-order valence-corrected chi connectivity index (χ3v) is 2.94. The summed E-state index contributed by atoms with van der Waals surface area (Å²) in [5.74, 6) is 0.000810. The average Bonchev–Trinajstić information content (AvgIpc) is 2.29. The Morgan fingerprint density at radius 3 is 2.56 bits per heavy atom. The van der Waals surface area contributed by atoms with Crippen molar-refractivity contribution in [3.8, 4) is 0 Å². The molecule has 2 heterocycles. The molecule has 0 aliphatic carbocycles. The van der Waals surface area contributed by atoms with Crippen LogP contribution < -0.4 is 5.32 Å². The van der Waals surface area contributed by atoms with Gasteiger partial charge in [-0.1, -0.05) is 0 Å². The molecule has 1 aliphatic heterocycles. The number of rotatable bonds is 1. The second-order valence-corrected chi connectivity index (χ2v) is 3.98. The highest BCUT2D eigenvalue weighted by molar-refractivity contribution is 5.30. The van der Waals surface area contributed by atoms with Crippen LogP contribution in [0.25, 0.3) is 0 Å². The predicted octanol–water partition coefficient (Wildman–Crippen LogP) is 2.57. The molecular weight excluding hydrogens is 217 g/mol. The van der Waals surface area contributed by atoms with Crippen LogP contribution in [0.1, 0.15) is 29.9 Å². The zero-order valence-electron chi connectivity index (χ0n) is 8.72. The highest BCUT2D eigenvalue weighted by atomic mass is 19.4. The van der Waals surface area contributed by atoms with Crippen molar-refractivity contribution in [2.45, 2.75) is 24.9 Å². The Morgan fingerprint density at radius 1 is 1.25 bits per heavy atom. The lowest BCUT2D eigenvalue weighted by molar-refractivity contribution is -0.138. The standard InChI is InChI=1S/C11H13F3N2/c12-11(13,14)10-7-16-6-3-9(10)8-1-4-15-5-2-8/h3,6-8,15H,1-2,4-5H2. The van der Waals surface area contributed by atoms with Crippen LogP contribution in [0, 0.1) is 0 Å². The molecule has 88 valence electrons. The van der Waals surface area contributed by atoms with E-state index in [1.807, 2.05) is 0 Å². The summed E-state index contributed by atoms with van der Waals surface area (Å²) in [6, 6.07) is 1.50. The van der Waals surface area contributed by atoms with E-state index in [0.29, 0.717) is 5.56 Å². The Morgan fingerprint density at radius 2 is 1.94 bits per heavy atom. The fourth-order valence-corrected chi connectivity index (χ4v) is 2.13. The molecule has 0 bridgehead atoms.